The second-order valence-electron chi connectivity index (χ2n) is 15.2. The number of rotatable bonds is 6. The first kappa shape index (κ1) is 32.6. The molecule has 6 aromatic rings. The Morgan fingerprint density at radius 3 is 1.21 bits per heavy atom. The van der Waals surface area contributed by atoms with E-state index < -0.39 is 8.07 Å². The van der Waals surface area contributed by atoms with E-state index in [1.165, 1.54) is 55.3 Å². The first-order valence-corrected chi connectivity index (χ1v) is 22.4. The highest BCUT2D eigenvalue weighted by molar-refractivity contribution is 6.94. The van der Waals surface area contributed by atoms with Crippen LogP contribution in [0.1, 0.15) is 73.0 Å². The highest BCUT2D eigenvalue weighted by Crippen LogP contribution is 2.53. The molecule has 0 aromatic heterocycles. The molecular weight excluding hydrogens is 657 g/mol. The number of benzene rings is 6. The molecular formula is C50H44Si2. The molecule has 0 spiro atoms. The topological polar surface area (TPSA) is 0 Å². The second kappa shape index (κ2) is 13.4. The first-order chi connectivity index (χ1) is 25.6. The molecule has 0 fully saturated rings. The van der Waals surface area contributed by atoms with E-state index in [2.05, 4.69) is 213 Å². The van der Waals surface area contributed by atoms with Crippen LogP contribution >= 0.6 is 0 Å². The van der Waals surface area contributed by atoms with Crippen LogP contribution in [0.5, 0.6) is 0 Å². The van der Waals surface area contributed by atoms with E-state index in [1.54, 1.807) is 0 Å². The van der Waals surface area contributed by atoms with Gasteiger partial charge in [-0.1, -0.05) is 218 Å². The zero-order chi connectivity index (χ0) is 35.1. The van der Waals surface area contributed by atoms with Gasteiger partial charge in [-0.3, -0.25) is 0 Å². The Morgan fingerprint density at radius 1 is 0.404 bits per heavy atom. The van der Waals surface area contributed by atoms with Gasteiger partial charge in [0.1, 0.15) is 8.07 Å². The van der Waals surface area contributed by atoms with Crippen LogP contribution in [0.25, 0.3) is 24.3 Å². The summed E-state index contributed by atoms with van der Waals surface area (Å²) in [5.74, 6) is 0.849. The molecule has 6 aromatic carbocycles. The number of hydrogen-bond donors (Lipinski definition) is 0. The fourth-order valence-electron chi connectivity index (χ4n) is 9.79. The van der Waals surface area contributed by atoms with Crippen molar-refractivity contribution in [1.29, 1.82) is 0 Å². The molecule has 0 amide bonds. The molecule has 4 aliphatic carbocycles. The lowest BCUT2D eigenvalue weighted by Crippen LogP contribution is -2.54. The van der Waals surface area contributed by atoms with Crippen LogP contribution in [0, 0.1) is 0 Å². The monoisotopic (exact) mass is 700 g/mol. The average molecular weight is 701 g/mol. The SMILES string of the molecule is C[Si](c1ccccc1)(C1C=Cc2ccccc21)C1C=Cc2ccccc21.[SiH3]C(c1ccccc1)(C1C=Cc2ccccc21)C1C=Cc2ccccc21. The maximum absolute atomic E-state index is 2.58. The van der Waals surface area contributed by atoms with Crippen LogP contribution in [0.3, 0.4) is 0 Å². The molecule has 0 nitrogen and oxygen atoms in total. The number of fused-ring (bicyclic) bond motifs is 4. The second-order valence-corrected chi connectivity index (χ2v) is 21.2. The van der Waals surface area contributed by atoms with Crippen molar-refractivity contribution in [2.75, 3.05) is 0 Å². The fourth-order valence-corrected chi connectivity index (χ4v) is 16.0. The lowest BCUT2D eigenvalue weighted by atomic mass is 9.71. The molecule has 0 saturated heterocycles. The minimum atomic E-state index is -1.94. The minimum Gasteiger partial charge on any atom is -0.0787 e. The van der Waals surface area contributed by atoms with Crippen LogP contribution < -0.4 is 5.19 Å². The Morgan fingerprint density at radius 2 is 0.750 bits per heavy atom. The molecule has 52 heavy (non-hydrogen) atoms. The van der Waals surface area contributed by atoms with Crippen molar-refractivity contribution >= 4 is 47.8 Å². The third kappa shape index (κ3) is 5.32. The van der Waals surface area contributed by atoms with Crippen LogP contribution in [0.4, 0.5) is 0 Å². The molecule has 0 heterocycles. The molecule has 0 aliphatic heterocycles. The van der Waals surface area contributed by atoms with Gasteiger partial charge in [-0.15, -0.1) is 0 Å². The zero-order valence-electron chi connectivity index (χ0n) is 29.9. The first-order valence-electron chi connectivity index (χ1n) is 18.8. The Bertz CT molecular complexity index is 2070. The summed E-state index contributed by atoms with van der Waals surface area (Å²) in [4.78, 5) is 0. The van der Waals surface area contributed by atoms with Gasteiger partial charge in [-0.25, -0.2) is 0 Å². The quantitative estimate of drug-likeness (QED) is 0.152. The van der Waals surface area contributed by atoms with Crippen molar-refractivity contribution in [2.24, 2.45) is 0 Å². The van der Waals surface area contributed by atoms with Crippen molar-refractivity contribution in [3.8, 4) is 0 Å². The third-order valence-electron chi connectivity index (χ3n) is 12.6. The standard InChI is InChI=1S/2C25H22Si/c1-26(21-11-3-2-4-12-21,24-17-15-19-9-5-7-13-22(19)24)25-18-16-20-10-6-8-14-23(20)25;26-25(20-10-2-1-3-11-20,23-16-14-18-8-4-6-12-21(18)23)24-17-15-19-9-5-7-13-22(19)24/h2-18,24-25H,1H3;1-17,23-24H,26H3. The molecule has 4 atom stereocenters. The summed E-state index contributed by atoms with van der Waals surface area (Å²) < 4.78 is 0. The lowest BCUT2D eigenvalue weighted by molar-refractivity contribution is 0.501. The van der Waals surface area contributed by atoms with Gasteiger partial charge in [-0.05, 0) is 50.1 Å². The van der Waals surface area contributed by atoms with Crippen LogP contribution in [-0.2, 0) is 5.04 Å². The molecule has 0 saturated carbocycles. The molecule has 4 aliphatic rings. The van der Waals surface area contributed by atoms with E-state index in [0.717, 1.165) is 10.2 Å². The summed E-state index contributed by atoms with van der Waals surface area (Å²) in [6.07, 6.45) is 19.1. The maximum Gasteiger partial charge on any atom is 0.106 e. The highest BCUT2D eigenvalue weighted by atomic mass is 28.3. The molecule has 4 unspecified atom stereocenters. The van der Waals surface area contributed by atoms with Gasteiger partial charge >= 0.3 is 0 Å². The summed E-state index contributed by atoms with van der Waals surface area (Å²) in [6.45, 7) is 2.58. The van der Waals surface area contributed by atoms with E-state index in [4.69, 9.17) is 0 Å². The minimum absolute atomic E-state index is 0.105. The van der Waals surface area contributed by atoms with E-state index in [0.29, 0.717) is 22.9 Å². The largest absolute Gasteiger partial charge is 0.106 e. The predicted octanol–water partition coefficient (Wildman–Crippen LogP) is 10.5. The molecule has 2 heteroatoms. The van der Waals surface area contributed by atoms with E-state index in [1.807, 2.05) is 0 Å². The van der Waals surface area contributed by atoms with E-state index >= 15 is 0 Å². The van der Waals surface area contributed by atoms with Crippen molar-refractivity contribution in [2.45, 2.75) is 34.5 Å². The van der Waals surface area contributed by atoms with E-state index in [-0.39, 0.29) is 5.04 Å². The predicted molar refractivity (Wildman–Crippen MR) is 229 cm³/mol. The number of allylic oxidation sites excluding steroid dienone is 4. The normalized spacial score (nSPS) is 22.1. The van der Waals surface area contributed by atoms with Gasteiger partial charge in [0.2, 0.25) is 0 Å². The summed E-state index contributed by atoms with van der Waals surface area (Å²) in [5.41, 5.74) is 14.0. The smallest absolute Gasteiger partial charge is 0.0787 e. The van der Waals surface area contributed by atoms with Crippen molar-refractivity contribution in [3.63, 3.8) is 0 Å². The molecule has 0 bridgehead atoms. The number of hydrogen-bond acceptors (Lipinski definition) is 0. The molecule has 0 N–H and O–H groups in total. The van der Waals surface area contributed by atoms with Crippen LogP contribution in [0.15, 0.2) is 182 Å². The zero-order valence-corrected chi connectivity index (χ0v) is 32.9. The Balaban J connectivity index is 0.000000138. The van der Waals surface area contributed by atoms with Gasteiger partial charge < -0.3 is 0 Å². The van der Waals surface area contributed by atoms with Gasteiger partial charge in [0, 0.05) is 38.2 Å². The van der Waals surface area contributed by atoms with Crippen molar-refractivity contribution in [1.82, 2.24) is 0 Å². The Kier molecular flexibility index (Phi) is 8.38. The van der Waals surface area contributed by atoms with Gasteiger partial charge in [0.15, 0.2) is 0 Å². The third-order valence-corrected chi connectivity index (χ3v) is 19.6. The van der Waals surface area contributed by atoms with Crippen LogP contribution in [0.2, 0.25) is 6.55 Å². The Hall–Kier alpha value is -5.29. The maximum atomic E-state index is 2.58. The summed E-state index contributed by atoms with van der Waals surface area (Å²) in [5, 5.41) is 1.64. The van der Waals surface area contributed by atoms with Gasteiger partial charge in [-0.2, -0.15) is 0 Å². The lowest BCUT2D eigenvalue weighted by Gasteiger charge is -2.41. The summed E-state index contributed by atoms with van der Waals surface area (Å²) >= 11 is 0. The van der Waals surface area contributed by atoms with Crippen molar-refractivity contribution < 1.29 is 0 Å². The van der Waals surface area contributed by atoms with Crippen molar-refractivity contribution in [3.05, 3.63) is 232 Å². The molecule has 10 rings (SSSR count). The molecule has 0 radical (unpaired) electrons. The fraction of sp³-hybridized carbons (Fsp3) is 0.120. The van der Waals surface area contributed by atoms with Gasteiger partial charge in [0.05, 0.1) is 0 Å². The summed E-state index contributed by atoms with van der Waals surface area (Å²) in [6, 6.07) is 58.1. The summed E-state index contributed by atoms with van der Waals surface area (Å²) in [7, 11) is -0.860. The Labute approximate surface area is 313 Å². The van der Waals surface area contributed by atoms with E-state index in [9.17, 15) is 0 Å². The van der Waals surface area contributed by atoms with Gasteiger partial charge in [0.25, 0.3) is 0 Å². The average Bonchev–Trinajstić information content (AvgIpc) is 4.03. The molecule has 252 valence electrons. The van der Waals surface area contributed by atoms with Crippen LogP contribution in [-0.4, -0.2) is 18.3 Å². The highest BCUT2D eigenvalue weighted by Gasteiger charge is 2.48.